The van der Waals surface area contributed by atoms with Gasteiger partial charge >= 0.3 is 0 Å². The van der Waals surface area contributed by atoms with Crippen LogP contribution in [-0.4, -0.2) is 22.7 Å². The lowest BCUT2D eigenvalue weighted by Gasteiger charge is -2.25. The first kappa shape index (κ1) is 14.9. The minimum atomic E-state index is -0.818. The van der Waals surface area contributed by atoms with Crippen molar-refractivity contribution in [2.75, 3.05) is 6.54 Å². The maximum atomic E-state index is 10.7. The molecule has 3 heteroatoms. The lowest BCUT2D eigenvalue weighted by atomic mass is 9.91. The minimum Gasteiger partial charge on any atom is -0.385 e. The van der Waals surface area contributed by atoms with Gasteiger partial charge in [0, 0.05) is 17.1 Å². The largest absolute Gasteiger partial charge is 0.385 e. The van der Waals surface area contributed by atoms with E-state index < -0.39 is 5.60 Å². The molecule has 0 saturated heterocycles. The van der Waals surface area contributed by atoms with Crippen LogP contribution in [0.2, 0.25) is 0 Å². The molecule has 108 valence electrons. The third-order valence-electron chi connectivity index (χ3n) is 3.61. The summed E-state index contributed by atoms with van der Waals surface area (Å²) >= 11 is 0. The zero-order valence-corrected chi connectivity index (χ0v) is 12.8. The maximum Gasteiger partial charge on any atom is 0.0880 e. The number of benzene rings is 1. The molecule has 0 radical (unpaired) electrons. The van der Waals surface area contributed by atoms with E-state index in [4.69, 9.17) is 0 Å². The summed E-state index contributed by atoms with van der Waals surface area (Å²) in [5, 5.41) is 15.1. The fraction of sp³-hybridized carbons (Fsp3) is 0.471. The van der Waals surface area contributed by atoms with Crippen molar-refractivity contribution >= 4 is 10.9 Å². The summed E-state index contributed by atoms with van der Waals surface area (Å²) in [4.78, 5) is 4.49. The standard InChI is InChI=1S/C17H24N2O/c1-12(2)18-10-9-17(4,20)15-7-8-16-14(11-15)6-5-13(3)19-16/h5-8,11-12,18,20H,9-10H2,1-4H3. The van der Waals surface area contributed by atoms with Crippen molar-refractivity contribution in [1.29, 1.82) is 0 Å². The Morgan fingerprint density at radius 2 is 2.00 bits per heavy atom. The van der Waals surface area contributed by atoms with Crippen molar-refractivity contribution in [3.63, 3.8) is 0 Å². The predicted octanol–water partition coefficient (Wildman–Crippen LogP) is 3.14. The highest BCUT2D eigenvalue weighted by molar-refractivity contribution is 5.79. The summed E-state index contributed by atoms with van der Waals surface area (Å²) in [5.74, 6) is 0. The summed E-state index contributed by atoms with van der Waals surface area (Å²) in [6.45, 7) is 8.88. The fourth-order valence-electron chi connectivity index (χ4n) is 2.31. The molecule has 1 unspecified atom stereocenters. The molecule has 0 amide bonds. The zero-order chi connectivity index (χ0) is 14.8. The highest BCUT2D eigenvalue weighted by atomic mass is 16.3. The number of nitrogens with one attached hydrogen (secondary N) is 1. The average molecular weight is 272 g/mol. The second kappa shape index (κ2) is 5.90. The van der Waals surface area contributed by atoms with E-state index in [2.05, 4.69) is 30.2 Å². The van der Waals surface area contributed by atoms with Gasteiger partial charge < -0.3 is 10.4 Å². The first-order valence-corrected chi connectivity index (χ1v) is 7.22. The third-order valence-corrected chi connectivity index (χ3v) is 3.61. The normalized spacial score (nSPS) is 14.7. The van der Waals surface area contributed by atoms with E-state index in [1.165, 1.54) is 0 Å². The molecular weight excluding hydrogens is 248 g/mol. The number of hydrogen-bond acceptors (Lipinski definition) is 3. The molecule has 0 aliphatic heterocycles. The molecule has 0 bridgehead atoms. The number of aromatic nitrogens is 1. The van der Waals surface area contributed by atoms with Crippen molar-refractivity contribution in [1.82, 2.24) is 10.3 Å². The van der Waals surface area contributed by atoms with Crippen molar-refractivity contribution in [3.05, 3.63) is 41.6 Å². The molecular formula is C17H24N2O. The molecule has 0 spiro atoms. The van der Waals surface area contributed by atoms with Gasteiger partial charge in [0.15, 0.2) is 0 Å². The van der Waals surface area contributed by atoms with Gasteiger partial charge in [-0.1, -0.05) is 26.0 Å². The van der Waals surface area contributed by atoms with E-state index >= 15 is 0 Å². The van der Waals surface area contributed by atoms with E-state index in [-0.39, 0.29) is 0 Å². The summed E-state index contributed by atoms with van der Waals surface area (Å²) in [7, 11) is 0. The monoisotopic (exact) mass is 272 g/mol. The van der Waals surface area contributed by atoms with Gasteiger partial charge in [0.05, 0.1) is 11.1 Å². The van der Waals surface area contributed by atoms with Gasteiger partial charge in [-0.2, -0.15) is 0 Å². The van der Waals surface area contributed by atoms with Crippen LogP contribution >= 0.6 is 0 Å². The van der Waals surface area contributed by atoms with E-state index in [0.717, 1.165) is 28.7 Å². The molecule has 1 atom stereocenters. The number of fused-ring (bicyclic) bond motifs is 1. The van der Waals surface area contributed by atoms with E-state index in [1.807, 2.05) is 38.1 Å². The van der Waals surface area contributed by atoms with Crippen LogP contribution in [0.3, 0.4) is 0 Å². The second-order valence-corrected chi connectivity index (χ2v) is 5.99. The first-order chi connectivity index (χ1) is 9.38. The van der Waals surface area contributed by atoms with Crippen molar-refractivity contribution < 1.29 is 5.11 Å². The Kier molecular flexibility index (Phi) is 4.41. The van der Waals surface area contributed by atoms with Gasteiger partial charge in [0.2, 0.25) is 0 Å². The molecule has 2 N–H and O–H groups in total. The number of hydrogen-bond donors (Lipinski definition) is 2. The molecule has 1 heterocycles. The minimum absolute atomic E-state index is 0.439. The second-order valence-electron chi connectivity index (χ2n) is 5.99. The van der Waals surface area contributed by atoms with E-state index in [9.17, 15) is 5.11 Å². The Morgan fingerprint density at radius 3 is 2.70 bits per heavy atom. The smallest absolute Gasteiger partial charge is 0.0880 e. The third kappa shape index (κ3) is 3.56. The van der Waals surface area contributed by atoms with Crippen LogP contribution in [0.25, 0.3) is 10.9 Å². The van der Waals surface area contributed by atoms with Gasteiger partial charge in [0.1, 0.15) is 0 Å². The molecule has 0 aliphatic rings. The lowest BCUT2D eigenvalue weighted by Crippen LogP contribution is -2.31. The highest BCUT2D eigenvalue weighted by Crippen LogP contribution is 2.27. The topological polar surface area (TPSA) is 45.1 Å². The molecule has 0 fully saturated rings. The molecule has 0 aliphatic carbocycles. The van der Waals surface area contributed by atoms with Crippen molar-refractivity contribution in [3.8, 4) is 0 Å². The molecule has 0 saturated carbocycles. The Morgan fingerprint density at radius 1 is 1.25 bits per heavy atom. The molecule has 20 heavy (non-hydrogen) atoms. The molecule has 3 nitrogen and oxygen atoms in total. The van der Waals surface area contributed by atoms with Gasteiger partial charge in [-0.3, -0.25) is 4.98 Å². The first-order valence-electron chi connectivity index (χ1n) is 7.22. The Bertz CT molecular complexity index is 591. The van der Waals surface area contributed by atoms with Gasteiger partial charge in [0.25, 0.3) is 0 Å². The molecule has 1 aromatic heterocycles. The maximum absolute atomic E-state index is 10.7. The Hall–Kier alpha value is -1.45. The van der Waals surface area contributed by atoms with Crippen molar-refractivity contribution in [2.24, 2.45) is 0 Å². The number of rotatable bonds is 5. The van der Waals surface area contributed by atoms with Gasteiger partial charge in [-0.25, -0.2) is 0 Å². The van der Waals surface area contributed by atoms with E-state index in [1.54, 1.807) is 0 Å². The van der Waals surface area contributed by atoms with Crippen LogP contribution in [0.5, 0.6) is 0 Å². The van der Waals surface area contributed by atoms with Crippen LogP contribution < -0.4 is 5.32 Å². The van der Waals surface area contributed by atoms with Crippen LogP contribution in [0, 0.1) is 6.92 Å². The molecule has 1 aromatic carbocycles. The van der Waals surface area contributed by atoms with E-state index in [0.29, 0.717) is 12.5 Å². The Balaban J connectivity index is 2.20. The number of aliphatic hydroxyl groups is 1. The van der Waals surface area contributed by atoms with Gasteiger partial charge in [-0.15, -0.1) is 0 Å². The van der Waals surface area contributed by atoms with Crippen LogP contribution in [0.1, 0.15) is 38.4 Å². The van der Waals surface area contributed by atoms with Crippen LogP contribution in [-0.2, 0) is 5.60 Å². The summed E-state index contributed by atoms with van der Waals surface area (Å²) < 4.78 is 0. The van der Waals surface area contributed by atoms with Gasteiger partial charge in [-0.05, 0) is 50.6 Å². The number of pyridine rings is 1. The SMILES string of the molecule is Cc1ccc2cc(C(C)(O)CCNC(C)C)ccc2n1. The fourth-order valence-corrected chi connectivity index (χ4v) is 2.31. The lowest BCUT2D eigenvalue weighted by molar-refractivity contribution is 0.0477. The Labute approximate surface area is 121 Å². The zero-order valence-electron chi connectivity index (χ0n) is 12.8. The quantitative estimate of drug-likeness (QED) is 0.879. The number of aryl methyl sites for hydroxylation is 1. The summed E-state index contributed by atoms with van der Waals surface area (Å²) in [5.41, 5.74) is 2.12. The molecule has 2 rings (SSSR count). The summed E-state index contributed by atoms with van der Waals surface area (Å²) in [6.07, 6.45) is 0.690. The predicted molar refractivity (Wildman–Crippen MR) is 83.8 cm³/mol. The average Bonchev–Trinajstić information content (AvgIpc) is 2.37. The highest BCUT2D eigenvalue weighted by Gasteiger charge is 2.22. The number of nitrogens with zero attached hydrogens (tertiary/aromatic N) is 1. The summed E-state index contributed by atoms with van der Waals surface area (Å²) in [6, 6.07) is 10.5. The van der Waals surface area contributed by atoms with Crippen molar-refractivity contribution in [2.45, 2.75) is 45.8 Å². The van der Waals surface area contributed by atoms with Crippen LogP contribution in [0.4, 0.5) is 0 Å². The van der Waals surface area contributed by atoms with Crippen LogP contribution in [0.15, 0.2) is 30.3 Å². The molecule has 2 aromatic rings.